The summed E-state index contributed by atoms with van der Waals surface area (Å²) < 4.78 is 16.6. The highest BCUT2D eigenvalue weighted by molar-refractivity contribution is 5.72. The van der Waals surface area contributed by atoms with E-state index in [1.807, 2.05) is 30.3 Å². The molecular formula is C26H35NO6. The molecule has 0 saturated carbocycles. The van der Waals surface area contributed by atoms with Crippen molar-refractivity contribution in [3.63, 3.8) is 0 Å². The summed E-state index contributed by atoms with van der Waals surface area (Å²) in [4.78, 5) is 25.7. The lowest BCUT2D eigenvalue weighted by atomic mass is 10.0. The number of carboxylic acids is 1. The minimum absolute atomic E-state index is 0.290. The second-order valence-corrected chi connectivity index (χ2v) is 7.79. The van der Waals surface area contributed by atoms with Crippen LogP contribution in [0.4, 0.5) is 4.79 Å². The van der Waals surface area contributed by atoms with Crippen molar-refractivity contribution in [3.8, 4) is 11.5 Å². The minimum Gasteiger partial charge on any atom is -0.492 e. The van der Waals surface area contributed by atoms with Gasteiger partial charge in [-0.3, -0.25) is 0 Å². The second-order valence-electron chi connectivity index (χ2n) is 7.79. The van der Waals surface area contributed by atoms with Gasteiger partial charge in [-0.05, 0) is 42.7 Å². The maximum atomic E-state index is 12.8. The molecule has 1 amide bonds. The Bertz CT molecular complexity index is 836. The lowest BCUT2D eigenvalue weighted by Crippen LogP contribution is -2.40. The molecule has 1 unspecified atom stereocenters. The summed E-state index contributed by atoms with van der Waals surface area (Å²) in [6.45, 7) is 7.68. The van der Waals surface area contributed by atoms with E-state index in [1.165, 1.54) is 0 Å². The SMILES string of the molecule is CCOC(Cc1ccc(OCCN(CC(CC)CC)C(=O)Oc2ccccc2)cc1)C(=O)O. The standard InChI is InChI=1S/C26H35NO6/c1-4-20(5-2)19-27(26(30)33-23-10-8-7-9-11-23)16-17-32-22-14-12-21(13-15-22)18-24(25(28)29)31-6-3/h7-15,20,24H,4-6,16-19H2,1-3H3,(H,28,29). The van der Waals surface area contributed by atoms with E-state index in [1.54, 1.807) is 36.1 Å². The van der Waals surface area contributed by atoms with Gasteiger partial charge >= 0.3 is 12.1 Å². The van der Waals surface area contributed by atoms with Crippen molar-refractivity contribution >= 4 is 12.1 Å². The maximum absolute atomic E-state index is 12.8. The van der Waals surface area contributed by atoms with Gasteiger partial charge in [0.25, 0.3) is 0 Å². The molecule has 7 heteroatoms. The number of nitrogens with zero attached hydrogens (tertiary/aromatic N) is 1. The van der Waals surface area contributed by atoms with Gasteiger partial charge in [-0.25, -0.2) is 9.59 Å². The van der Waals surface area contributed by atoms with Crippen molar-refractivity contribution < 1.29 is 28.9 Å². The Balaban J connectivity index is 1.93. The molecule has 0 saturated heterocycles. The molecule has 33 heavy (non-hydrogen) atoms. The number of hydrogen-bond acceptors (Lipinski definition) is 5. The summed E-state index contributed by atoms with van der Waals surface area (Å²) in [7, 11) is 0. The van der Waals surface area contributed by atoms with E-state index in [-0.39, 0.29) is 12.5 Å². The van der Waals surface area contributed by atoms with Gasteiger partial charge in [-0.15, -0.1) is 0 Å². The number of para-hydroxylation sites is 1. The smallest absolute Gasteiger partial charge is 0.415 e. The van der Waals surface area contributed by atoms with Gasteiger partial charge in [0, 0.05) is 19.6 Å². The summed E-state index contributed by atoms with van der Waals surface area (Å²) in [6, 6.07) is 16.3. The number of hydrogen-bond donors (Lipinski definition) is 1. The summed E-state index contributed by atoms with van der Waals surface area (Å²) in [5.74, 6) is 0.582. The van der Waals surface area contributed by atoms with Crippen LogP contribution in [0.25, 0.3) is 0 Å². The molecule has 0 aromatic heterocycles. The number of carbonyl (C=O) groups excluding carboxylic acids is 1. The first-order chi connectivity index (χ1) is 16.0. The van der Waals surface area contributed by atoms with Gasteiger partial charge in [-0.1, -0.05) is 57.0 Å². The van der Waals surface area contributed by atoms with E-state index >= 15 is 0 Å². The van der Waals surface area contributed by atoms with Crippen LogP contribution < -0.4 is 9.47 Å². The Morgan fingerprint density at radius 1 is 0.939 bits per heavy atom. The zero-order chi connectivity index (χ0) is 24.1. The van der Waals surface area contributed by atoms with Gasteiger partial charge in [0.15, 0.2) is 6.10 Å². The normalized spacial score (nSPS) is 11.8. The Labute approximate surface area is 196 Å². The Morgan fingerprint density at radius 2 is 1.61 bits per heavy atom. The summed E-state index contributed by atoms with van der Waals surface area (Å²) in [5, 5.41) is 9.23. The average molecular weight is 458 g/mol. The van der Waals surface area contributed by atoms with Crippen LogP contribution in [0, 0.1) is 5.92 Å². The molecule has 0 bridgehead atoms. The Hall–Kier alpha value is -3.06. The van der Waals surface area contributed by atoms with Crippen LogP contribution >= 0.6 is 0 Å². The molecule has 0 fully saturated rings. The largest absolute Gasteiger partial charge is 0.492 e. The Morgan fingerprint density at radius 3 is 2.18 bits per heavy atom. The third kappa shape index (κ3) is 9.14. The predicted octanol–water partition coefficient (Wildman–Crippen LogP) is 5.03. The van der Waals surface area contributed by atoms with E-state index < -0.39 is 12.1 Å². The number of ether oxygens (including phenoxy) is 3. The molecule has 2 aromatic carbocycles. The number of rotatable bonds is 14. The molecule has 1 atom stereocenters. The molecule has 2 rings (SSSR count). The molecule has 0 aliphatic carbocycles. The second kappa shape index (κ2) is 14.2. The maximum Gasteiger partial charge on any atom is 0.415 e. The van der Waals surface area contributed by atoms with Crippen LogP contribution in [-0.2, 0) is 16.0 Å². The highest BCUT2D eigenvalue weighted by atomic mass is 16.6. The molecule has 0 heterocycles. The van der Waals surface area contributed by atoms with Crippen molar-refractivity contribution in [3.05, 3.63) is 60.2 Å². The molecule has 7 nitrogen and oxygen atoms in total. The van der Waals surface area contributed by atoms with Crippen LogP contribution in [0.3, 0.4) is 0 Å². The molecular weight excluding hydrogens is 422 g/mol. The molecule has 0 aliphatic heterocycles. The van der Waals surface area contributed by atoms with Crippen LogP contribution in [0.1, 0.15) is 39.2 Å². The van der Waals surface area contributed by atoms with Crippen LogP contribution in [0.5, 0.6) is 11.5 Å². The van der Waals surface area contributed by atoms with Crippen molar-refractivity contribution in [2.75, 3.05) is 26.3 Å². The third-order valence-electron chi connectivity index (χ3n) is 5.46. The van der Waals surface area contributed by atoms with Gasteiger partial charge in [0.1, 0.15) is 18.1 Å². The number of aliphatic carboxylic acids is 1. The fourth-order valence-corrected chi connectivity index (χ4v) is 3.40. The van der Waals surface area contributed by atoms with Crippen LogP contribution in [0.2, 0.25) is 0 Å². The first-order valence-electron chi connectivity index (χ1n) is 11.5. The molecule has 0 aliphatic rings. The quantitative estimate of drug-likeness (QED) is 0.428. The van der Waals surface area contributed by atoms with Crippen molar-refractivity contribution in [1.82, 2.24) is 4.90 Å². The van der Waals surface area contributed by atoms with E-state index in [0.29, 0.717) is 43.7 Å². The van der Waals surface area contributed by atoms with Gasteiger partial charge < -0.3 is 24.2 Å². The number of amides is 1. The van der Waals surface area contributed by atoms with Crippen molar-refractivity contribution in [1.29, 1.82) is 0 Å². The monoisotopic (exact) mass is 457 g/mol. The summed E-state index contributed by atoms with van der Waals surface area (Å²) in [5.41, 5.74) is 0.852. The first-order valence-corrected chi connectivity index (χ1v) is 11.5. The summed E-state index contributed by atoms with van der Waals surface area (Å²) >= 11 is 0. The van der Waals surface area contributed by atoms with E-state index in [2.05, 4.69) is 13.8 Å². The molecule has 0 radical (unpaired) electrons. The van der Waals surface area contributed by atoms with Crippen LogP contribution in [-0.4, -0.2) is 54.5 Å². The fraction of sp³-hybridized carbons (Fsp3) is 0.462. The van der Waals surface area contributed by atoms with Crippen molar-refractivity contribution in [2.24, 2.45) is 5.92 Å². The van der Waals surface area contributed by atoms with Gasteiger partial charge in [-0.2, -0.15) is 0 Å². The zero-order valence-corrected chi connectivity index (χ0v) is 19.7. The van der Waals surface area contributed by atoms with E-state index in [4.69, 9.17) is 14.2 Å². The average Bonchev–Trinajstić information content (AvgIpc) is 2.82. The number of carbonyl (C=O) groups is 2. The highest BCUT2D eigenvalue weighted by Gasteiger charge is 2.20. The lowest BCUT2D eigenvalue weighted by Gasteiger charge is -2.26. The topological polar surface area (TPSA) is 85.3 Å². The third-order valence-corrected chi connectivity index (χ3v) is 5.46. The Kier molecular flexibility index (Phi) is 11.2. The number of benzene rings is 2. The van der Waals surface area contributed by atoms with Gasteiger partial charge in [0.05, 0.1) is 6.54 Å². The first kappa shape index (κ1) is 26.2. The summed E-state index contributed by atoms with van der Waals surface area (Å²) in [6.07, 6.45) is 0.997. The molecule has 0 spiro atoms. The predicted molar refractivity (Wildman–Crippen MR) is 127 cm³/mol. The minimum atomic E-state index is -0.975. The van der Waals surface area contributed by atoms with E-state index in [0.717, 1.165) is 18.4 Å². The molecule has 2 aromatic rings. The van der Waals surface area contributed by atoms with Crippen molar-refractivity contribution in [2.45, 2.75) is 46.1 Å². The van der Waals surface area contributed by atoms with E-state index in [9.17, 15) is 14.7 Å². The zero-order valence-electron chi connectivity index (χ0n) is 19.7. The van der Waals surface area contributed by atoms with Gasteiger partial charge in [0.2, 0.25) is 0 Å². The highest BCUT2D eigenvalue weighted by Crippen LogP contribution is 2.17. The fourth-order valence-electron chi connectivity index (χ4n) is 3.40. The molecule has 1 N–H and O–H groups in total. The molecule has 180 valence electrons. The lowest BCUT2D eigenvalue weighted by molar-refractivity contribution is -0.149. The number of carboxylic acid groups (broad SMARTS) is 1. The van der Waals surface area contributed by atoms with Crippen LogP contribution in [0.15, 0.2) is 54.6 Å².